The second-order valence-electron chi connectivity index (χ2n) is 11.0. The van der Waals surface area contributed by atoms with E-state index in [1.807, 2.05) is 6.08 Å². The molecule has 0 radical (unpaired) electrons. The first kappa shape index (κ1) is 21.0. The lowest BCUT2D eigenvalue weighted by molar-refractivity contribution is -0.122. The fraction of sp³-hybridized carbons (Fsp3) is 0.760. The van der Waals surface area contributed by atoms with E-state index in [2.05, 4.69) is 33.8 Å². The maximum atomic E-state index is 12.7. The molecule has 1 spiro atoms. The highest BCUT2D eigenvalue weighted by Crippen LogP contribution is 2.64. The number of Topliss-reactive ketones (excluding diaryl/α,β-unsaturated/α-hetero) is 1. The van der Waals surface area contributed by atoms with Gasteiger partial charge in [-0.1, -0.05) is 31.6 Å². The molecule has 4 nitrogen and oxygen atoms in total. The Morgan fingerprint density at radius 1 is 1.28 bits per heavy atom. The molecule has 4 rings (SSSR count). The molecule has 1 heterocycles. The predicted molar refractivity (Wildman–Crippen MR) is 112 cm³/mol. The van der Waals surface area contributed by atoms with Gasteiger partial charge in [0.2, 0.25) is 0 Å². The molecule has 0 aromatic rings. The second-order valence-corrected chi connectivity index (χ2v) is 11.0. The first-order valence-corrected chi connectivity index (χ1v) is 11.3. The van der Waals surface area contributed by atoms with Crippen LogP contribution in [0.25, 0.3) is 0 Å². The fourth-order valence-corrected chi connectivity index (χ4v) is 7.28. The lowest BCUT2D eigenvalue weighted by Gasteiger charge is -2.45. The molecule has 0 aromatic heterocycles. The van der Waals surface area contributed by atoms with Crippen molar-refractivity contribution >= 4 is 12.1 Å². The molecule has 0 aromatic carbocycles. The summed E-state index contributed by atoms with van der Waals surface area (Å²) in [7, 11) is 0. The maximum Gasteiger partial charge on any atom is 0.146 e. The summed E-state index contributed by atoms with van der Waals surface area (Å²) in [6, 6.07) is 0. The molecule has 3 fully saturated rings. The van der Waals surface area contributed by atoms with Crippen LogP contribution in [0.3, 0.4) is 0 Å². The minimum Gasteiger partial charge on any atom is -0.389 e. The summed E-state index contributed by atoms with van der Waals surface area (Å²) >= 11 is 0. The van der Waals surface area contributed by atoms with Crippen LogP contribution in [0, 0.1) is 29.1 Å². The van der Waals surface area contributed by atoms with E-state index < -0.39 is 11.5 Å². The highest BCUT2D eigenvalue weighted by molar-refractivity contribution is 5.94. The summed E-state index contributed by atoms with van der Waals surface area (Å²) in [6.07, 6.45) is 10.0. The van der Waals surface area contributed by atoms with Crippen LogP contribution < -0.4 is 0 Å². The van der Waals surface area contributed by atoms with Gasteiger partial charge in [-0.3, -0.25) is 9.59 Å². The highest BCUT2D eigenvalue weighted by Gasteiger charge is 2.63. The number of aliphatic hydroxyl groups is 1. The van der Waals surface area contributed by atoms with Crippen molar-refractivity contribution in [1.82, 2.24) is 0 Å². The zero-order chi connectivity index (χ0) is 21.2. The second kappa shape index (κ2) is 6.88. The van der Waals surface area contributed by atoms with Crippen LogP contribution in [0.2, 0.25) is 0 Å². The molecular weight excluding hydrogens is 364 g/mol. The van der Waals surface area contributed by atoms with Gasteiger partial charge in [0.05, 0.1) is 23.2 Å². The minimum atomic E-state index is -1.04. The highest BCUT2D eigenvalue weighted by atomic mass is 16.5. The molecule has 29 heavy (non-hydrogen) atoms. The Kier molecular flexibility index (Phi) is 4.98. The van der Waals surface area contributed by atoms with Crippen molar-refractivity contribution in [3.8, 4) is 0 Å². The molecule has 1 saturated heterocycles. The van der Waals surface area contributed by atoms with Gasteiger partial charge in [0.1, 0.15) is 12.1 Å². The van der Waals surface area contributed by atoms with Crippen molar-refractivity contribution in [1.29, 1.82) is 0 Å². The quantitative estimate of drug-likeness (QED) is 0.551. The van der Waals surface area contributed by atoms with E-state index in [4.69, 9.17) is 4.74 Å². The number of allylic oxidation sites excluding steroid dienone is 3. The molecule has 3 aliphatic carbocycles. The van der Waals surface area contributed by atoms with Gasteiger partial charge in [0, 0.05) is 12.3 Å². The molecule has 0 amide bonds. The van der Waals surface area contributed by atoms with Gasteiger partial charge in [-0.15, -0.1) is 0 Å². The summed E-state index contributed by atoms with van der Waals surface area (Å²) < 4.78 is 6.79. The van der Waals surface area contributed by atoms with Crippen LogP contribution in [0.5, 0.6) is 0 Å². The number of hydrogen-bond donors (Lipinski definition) is 1. The van der Waals surface area contributed by atoms with E-state index >= 15 is 0 Å². The summed E-state index contributed by atoms with van der Waals surface area (Å²) in [6.45, 7) is 10.7. The Balaban J connectivity index is 1.74. The normalized spacial score (nSPS) is 49.2. The first-order chi connectivity index (χ1) is 13.5. The van der Waals surface area contributed by atoms with Gasteiger partial charge in [0.25, 0.3) is 0 Å². The number of ether oxygens (including phenoxy) is 1. The van der Waals surface area contributed by atoms with Crippen molar-refractivity contribution in [2.75, 3.05) is 0 Å². The SMILES string of the molecule is CC(C)=C[C@H]1C[C@H](C)[C@]2(CC[C@]3(C)C[C@@H]4[C@@H](C(=O)C[C@@]4(C)O)C(C=O)=CC[C@@H]32)O1. The lowest BCUT2D eigenvalue weighted by Crippen LogP contribution is -2.46. The molecule has 1 aliphatic heterocycles. The largest absolute Gasteiger partial charge is 0.389 e. The average Bonchev–Trinajstić information content (AvgIpc) is 3.12. The lowest BCUT2D eigenvalue weighted by atomic mass is 9.62. The molecule has 0 unspecified atom stereocenters. The maximum absolute atomic E-state index is 12.7. The van der Waals surface area contributed by atoms with Gasteiger partial charge in [0.15, 0.2) is 0 Å². The van der Waals surface area contributed by atoms with E-state index in [0.29, 0.717) is 17.4 Å². The van der Waals surface area contributed by atoms with Crippen LogP contribution in [0.1, 0.15) is 73.1 Å². The van der Waals surface area contributed by atoms with Gasteiger partial charge >= 0.3 is 0 Å². The van der Waals surface area contributed by atoms with E-state index in [9.17, 15) is 14.7 Å². The van der Waals surface area contributed by atoms with Crippen LogP contribution in [0.4, 0.5) is 0 Å². The van der Waals surface area contributed by atoms with Gasteiger partial charge in [-0.25, -0.2) is 0 Å². The Morgan fingerprint density at radius 2 is 2.00 bits per heavy atom. The molecule has 2 saturated carbocycles. The predicted octanol–water partition coefficient (Wildman–Crippen LogP) is 4.41. The Labute approximate surface area is 174 Å². The number of rotatable bonds is 2. The zero-order valence-electron chi connectivity index (χ0n) is 18.5. The van der Waals surface area contributed by atoms with Crippen LogP contribution in [-0.4, -0.2) is 34.5 Å². The molecule has 4 heteroatoms. The topological polar surface area (TPSA) is 63.6 Å². The molecule has 160 valence electrons. The van der Waals surface area contributed by atoms with Crippen molar-refractivity contribution < 1.29 is 19.4 Å². The molecule has 8 atom stereocenters. The summed E-state index contributed by atoms with van der Waals surface area (Å²) in [5, 5.41) is 11.1. The monoisotopic (exact) mass is 400 g/mol. The molecule has 0 bridgehead atoms. The number of carbonyl (C=O) groups excluding carboxylic acids is 2. The minimum absolute atomic E-state index is 0.00341. The molecular formula is C25H36O4. The Morgan fingerprint density at radius 3 is 2.66 bits per heavy atom. The fourth-order valence-electron chi connectivity index (χ4n) is 7.28. The van der Waals surface area contributed by atoms with Gasteiger partial charge in [-0.05, 0) is 75.7 Å². The number of ketones is 1. The number of carbonyl (C=O) groups is 2. The van der Waals surface area contributed by atoms with Crippen LogP contribution >= 0.6 is 0 Å². The Hall–Kier alpha value is -1.26. The van der Waals surface area contributed by atoms with Gasteiger partial charge in [-0.2, -0.15) is 0 Å². The number of aldehydes is 1. The number of hydrogen-bond acceptors (Lipinski definition) is 4. The van der Waals surface area contributed by atoms with Crippen molar-refractivity contribution in [3.05, 3.63) is 23.3 Å². The van der Waals surface area contributed by atoms with Crippen LogP contribution in [-0.2, 0) is 14.3 Å². The smallest absolute Gasteiger partial charge is 0.146 e. The number of fused-ring (bicyclic) bond motifs is 3. The third kappa shape index (κ3) is 3.18. The van der Waals surface area contributed by atoms with E-state index in [1.165, 1.54) is 5.57 Å². The third-order valence-corrected chi connectivity index (χ3v) is 8.68. The molecule has 1 N–H and O–H groups in total. The van der Waals surface area contributed by atoms with E-state index in [-0.39, 0.29) is 35.2 Å². The van der Waals surface area contributed by atoms with E-state index in [1.54, 1.807) is 6.92 Å². The zero-order valence-corrected chi connectivity index (χ0v) is 18.5. The van der Waals surface area contributed by atoms with Crippen molar-refractivity contribution in [2.45, 2.75) is 90.4 Å². The van der Waals surface area contributed by atoms with Crippen molar-refractivity contribution in [3.63, 3.8) is 0 Å². The average molecular weight is 401 g/mol. The van der Waals surface area contributed by atoms with Crippen LogP contribution in [0.15, 0.2) is 23.3 Å². The third-order valence-electron chi connectivity index (χ3n) is 8.68. The summed E-state index contributed by atoms with van der Waals surface area (Å²) in [5.41, 5.74) is 0.628. The first-order valence-electron chi connectivity index (χ1n) is 11.3. The van der Waals surface area contributed by atoms with E-state index in [0.717, 1.165) is 38.4 Å². The van der Waals surface area contributed by atoms with Crippen molar-refractivity contribution in [2.24, 2.45) is 29.1 Å². The molecule has 4 aliphatic rings. The Bertz CT molecular complexity index is 774. The van der Waals surface area contributed by atoms with Gasteiger partial charge < -0.3 is 9.84 Å². The summed E-state index contributed by atoms with van der Waals surface area (Å²) in [4.78, 5) is 24.6. The summed E-state index contributed by atoms with van der Waals surface area (Å²) in [5.74, 6) is 0.117. The standard InChI is InChI=1S/C25H36O4/c1-15(2)10-18-11-16(3)25(29-18)9-8-23(4)12-19-22(20(27)13-24(19,5)28)17(14-26)6-7-21(23)25/h6,10,14,16,18-19,21-22,28H,7-9,11-13H2,1-5H3/t16-,18-,19+,21-,22-,23+,24+,25-/m0/s1.